The topological polar surface area (TPSA) is 108 Å². The van der Waals surface area contributed by atoms with Crippen LogP contribution < -0.4 is 4.74 Å². The molecule has 1 aromatic carbocycles. The molecule has 0 fully saturated rings. The first kappa shape index (κ1) is 23.7. The molecule has 1 heterocycles. The first-order chi connectivity index (χ1) is 14.9. The van der Waals surface area contributed by atoms with E-state index in [4.69, 9.17) is 4.74 Å². The number of phenolic OH excluding ortho intramolecular Hbond substituents is 1. The zero-order chi connectivity index (χ0) is 23.7. The van der Waals surface area contributed by atoms with Crippen LogP contribution in [-0.4, -0.2) is 35.0 Å². The molecule has 1 N–H and O–H groups in total. The van der Waals surface area contributed by atoms with E-state index < -0.39 is 28.1 Å². The smallest absolute Gasteiger partial charge is 0.381 e. The third-order valence-electron chi connectivity index (χ3n) is 6.09. The van der Waals surface area contributed by atoms with Crippen molar-refractivity contribution in [2.45, 2.75) is 63.9 Å². The van der Waals surface area contributed by atoms with Crippen molar-refractivity contribution in [3.8, 4) is 11.5 Å². The number of phenols is 1. The van der Waals surface area contributed by atoms with Crippen LogP contribution in [-0.2, 0) is 20.3 Å². The van der Waals surface area contributed by atoms with E-state index in [1.54, 1.807) is 0 Å². The van der Waals surface area contributed by atoms with Crippen LogP contribution in [0.2, 0.25) is 0 Å². The predicted octanol–water partition coefficient (Wildman–Crippen LogP) is 4.63. The number of carbonyl (C=O) groups excluding carboxylic acids is 1. The number of hydrogen-bond donors (Lipinski definition) is 1. The second-order valence-corrected chi connectivity index (χ2v) is 8.79. The van der Waals surface area contributed by atoms with Crippen LogP contribution in [0.5, 0.6) is 11.5 Å². The highest BCUT2D eigenvalue weighted by Crippen LogP contribution is 2.55. The lowest BCUT2D eigenvalue weighted by Gasteiger charge is -2.47. The van der Waals surface area contributed by atoms with Crippen LogP contribution in [0.15, 0.2) is 23.8 Å². The van der Waals surface area contributed by atoms with Crippen molar-refractivity contribution in [2.75, 3.05) is 13.2 Å². The van der Waals surface area contributed by atoms with E-state index in [2.05, 4.69) is 15.7 Å². The Morgan fingerprint density at radius 2 is 2.03 bits per heavy atom. The third-order valence-corrected chi connectivity index (χ3v) is 6.09. The van der Waals surface area contributed by atoms with Gasteiger partial charge < -0.3 is 19.4 Å². The number of halogens is 2. The Balaban J connectivity index is 1.76. The fourth-order valence-corrected chi connectivity index (χ4v) is 4.46. The number of esters is 1. The number of allylic oxidation sites excluding steroid dienone is 2. The SMILES string of the molecule is CC1=CCC2C(C1)c1c(O)cc(C(F)(F)C(=O)OCCCCO[N+](=O)[O-])cc1OC2(C)C. The van der Waals surface area contributed by atoms with Gasteiger partial charge in [0.2, 0.25) is 0 Å². The minimum absolute atomic E-state index is 0.0743. The van der Waals surface area contributed by atoms with Crippen LogP contribution in [0, 0.1) is 16.0 Å². The van der Waals surface area contributed by atoms with Crippen molar-refractivity contribution in [3.63, 3.8) is 0 Å². The molecule has 0 saturated heterocycles. The Morgan fingerprint density at radius 1 is 1.34 bits per heavy atom. The monoisotopic (exact) mass is 455 g/mol. The summed E-state index contributed by atoms with van der Waals surface area (Å²) in [4.78, 5) is 26.2. The summed E-state index contributed by atoms with van der Waals surface area (Å²) in [5, 5.41) is 19.7. The summed E-state index contributed by atoms with van der Waals surface area (Å²) >= 11 is 0. The number of carbonyl (C=O) groups is 1. The largest absolute Gasteiger partial charge is 0.508 e. The molecule has 3 rings (SSSR count). The summed E-state index contributed by atoms with van der Waals surface area (Å²) in [6.45, 7) is 5.22. The average Bonchev–Trinajstić information content (AvgIpc) is 2.68. The Labute approximate surface area is 184 Å². The molecule has 0 radical (unpaired) electrons. The zero-order valence-corrected chi connectivity index (χ0v) is 18.2. The molecule has 0 aromatic heterocycles. The molecule has 1 aliphatic carbocycles. The molecule has 2 unspecified atom stereocenters. The molecule has 10 heteroatoms. The maximum absolute atomic E-state index is 14.8. The molecule has 0 bridgehead atoms. The minimum atomic E-state index is -4.00. The van der Waals surface area contributed by atoms with Gasteiger partial charge in [-0.2, -0.15) is 8.78 Å². The minimum Gasteiger partial charge on any atom is -0.508 e. The first-order valence-electron chi connectivity index (χ1n) is 10.5. The second-order valence-electron chi connectivity index (χ2n) is 8.79. The van der Waals surface area contributed by atoms with Gasteiger partial charge in [0.1, 0.15) is 17.1 Å². The van der Waals surface area contributed by atoms with Gasteiger partial charge in [-0.1, -0.05) is 11.6 Å². The summed E-state index contributed by atoms with van der Waals surface area (Å²) < 4.78 is 40.3. The zero-order valence-electron chi connectivity index (χ0n) is 18.2. The van der Waals surface area contributed by atoms with Crippen LogP contribution in [0.3, 0.4) is 0 Å². The van der Waals surface area contributed by atoms with Crippen LogP contribution >= 0.6 is 0 Å². The van der Waals surface area contributed by atoms with Gasteiger partial charge in [0.15, 0.2) is 0 Å². The Bertz CT molecular complexity index is 929. The van der Waals surface area contributed by atoms with Gasteiger partial charge in [-0.25, -0.2) is 4.79 Å². The van der Waals surface area contributed by atoms with Gasteiger partial charge in [0.25, 0.3) is 5.09 Å². The molecule has 0 amide bonds. The molecule has 2 aliphatic rings. The number of fused-ring (bicyclic) bond motifs is 3. The highest BCUT2D eigenvalue weighted by Gasteiger charge is 2.48. The normalized spacial score (nSPS) is 21.5. The predicted molar refractivity (Wildman–Crippen MR) is 109 cm³/mol. The van der Waals surface area contributed by atoms with Crippen LogP contribution in [0.1, 0.15) is 63.5 Å². The maximum atomic E-state index is 14.8. The fourth-order valence-electron chi connectivity index (χ4n) is 4.46. The molecule has 176 valence electrons. The highest BCUT2D eigenvalue weighted by atomic mass is 19.3. The fraction of sp³-hybridized carbons (Fsp3) is 0.591. The van der Waals surface area contributed by atoms with E-state index in [0.29, 0.717) is 12.0 Å². The lowest BCUT2D eigenvalue weighted by atomic mass is 9.67. The average molecular weight is 455 g/mol. The van der Waals surface area contributed by atoms with Crippen molar-refractivity contribution in [1.82, 2.24) is 0 Å². The quantitative estimate of drug-likeness (QED) is 0.200. The van der Waals surface area contributed by atoms with E-state index in [-0.39, 0.29) is 49.4 Å². The molecule has 8 nitrogen and oxygen atoms in total. The van der Waals surface area contributed by atoms with Crippen molar-refractivity contribution in [3.05, 3.63) is 45.0 Å². The molecule has 1 aliphatic heterocycles. The molecule has 0 saturated carbocycles. The van der Waals surface area contributed by atoms with E-state index in [1.165, 1.54) is 0 Å². The number of ether oxygens (including phenoxy) is 2. The van der Waals surface area contributed by atoms with Crippen molar-refractivity contribution >= 4 is 5.97 Å². The number of aromatic hydroxyl groups is 1. The highest BCUT2D eigenvalue weighted by molar-refractivity contribution is 5.80. The molecule has 32 heavy (non-hydrogen) atoms. The van der Waals surface area contributed by atoms with E-state index in [1.807, 2.05) is 20.8 Å². The van der Waals surface area contributed by atoms with E-state index in [9.17, 15) is 28.8 Å². The summed E-state index contributed by atoms with van der Waals surface area (Å²) in [5.74, 6) is -5.95. The van der Waals surface area contributed by atoms with Crippen molar-refractivity contribution < 1.29 is 38.1 Å². The molecule has 2 atom stereocenters. The molecular weight excluding hydrogens is 428 g/mol. The van der Waals surface area contributed by atoms with Gasteiger partial charge in [0, 0.05) is 23.0 Å². The van der Waals surface area contributed by atoms with Gasteiger partial charge in [-0.15, -0.1) is 10.1 Å². The number of rotatable bonds is 8. The number of nitrogens with zero attached hydrogens (tertiary/aromatic N) is 1. The van der Waals surface area contributed by atoms with E-state index in [0.717, 1.165) is 24.1 Å². The first-order valence-corrected chi connectivity index (χ1v) is 10.5. The summed E-state index contributed by atoms with van der Waals surface area (Å²) in [5.41, 5.74) is 0.297. The van der Waals surface area contributed by atoms with Crippen LogP contribution in [0.25, 0.3) is 0 Å². The third kappa shape index (κ3) is 4.78. The van der Waals surface area contributed by atoms with E-state index >= 15 is 0 Å². The second kappa shape index (κ2) is 8.91. The van der Waals surface area contributed by atoms with Crippen LogP contribution in [0.4, 0.5) is 8.78 Å². The van der Waals surface area contributed by atoms with Gasteiger partial charge in [-0.3, -0.25) is 0 Å². The summed E-state index contributed by atoms with van der Waals surface area (Å²) in [6.07, 6.45) is 3.88. The number of unbranched alkanes of at least 4 members (excludes halogenated alkanes) is 1. The van der Waals surface area contributed by atoms with Gasteiger partial charge in [-0.05, 0) is 58.6 Å². The Kier molecular flexibility index (Phi) is 6.61. The lowest BCUT2D eigenvalue weighted by molar-refractivity contribution is -0.757. The summed E-state index contributed by atoms with van der Waals surface area (Å²) in [7, 11) is 0. The number of benzene rings is 1. The van der Waals surface area contributed by atoms with Gasteiger partial charge in [0.05, 0.1) is 13.2 Å². The summed E-state index contributed by atoms with van der Waals surface area (Å²) in [6, 6.07) is 2.00. The lowest BCUT2D eigenvalue weighted by Crippen LogP contribution is -2.45. The maximum Gasteiger partial charge on any atom is 0.381 e. The number of alkyl halides is 2. The molecular formula is C22H27F2NO7. The number of hydrogen-bond acceptors (Lipinski definition) is 7. The van der Waals surface area contributed by atoms with Gasteiger partial charge >= 0.3 is 11.9 Å². The molecule has 0 spiro atoms. The Morgan fingerprint density at radius 3 is 2.72 bits per heavy atom. The Hall–Kier alpha value is -2.91. The standard InChI is InChI=1S/C22H27F2NO7/c1-13-6-7-16-15(10-13)19-17(26)11-14(12-18(19)32-21(16,2)3)22(23,24)20(27)30-8-4-5-9-31-25(28)29/h6,11-12,15-16,26H,4-5,7-10H2,1-3H3. The van der Waals surface area contributed by atoms with Crippen molar-refractivity contribution in [1.29, 1.82) is 0 Å². The molecule has 1 aromatic rings. The van der Waals surface area contributed by atoms with Crippen molar-refractivity contribution in [2.24, 2.45) is 5.92 Å².